The standard InChI is InChI=1S/C10H7BrClFN2O2S2/c11-7-1-5(13)2-8(12)10(7)15-19(16,17)9-3-6(14)4-18-9/h1-4,15H,14H2. The van der Waals surface area contributed by atoms with Gasteiger partial charge >= 0.3 is 0 Å². The lowest BCUT2D eigenvalue weighted by Gasteiger charge is -2.10. The molecule has 1 heterocycles. The van der Waals surface area contributed by atoms with Crippen molar-refractivity contribution in [1.29, 1.82) is 0 Å². The summed E-state index contributed by atoms with van der Waals surface area (Å²) in [6.07, 6.45) is 0. The summed E-state index contributed by atoms with van der Waals surface area (Å²) in [5.74, 6) is -0.569. The number of rotatable bonds is 3. The molecule has 2 rings (SSSR count). The van der Waals surface area contributed by atoms with E-state index in [0.717, 1.165) is 23.5 Å². The molecule has 0 bridgehead atoms. The van der Waals surface area contributed by atoms with Crippen LogP contribution in [0.1, 0.15) is 0 Å². The minimum atomic E-state index is -3.80. The second-order valence-electron chi connectivity index (χ2n) is 3.55. The van der Waals surface area contributed by atoms with Gasteiger partial charge in [-0.2, -0.15) is 0 Å². The number of hydrogen-bond acceptors (Lipinski definition) is 4. The predicted octanol–water partition coefficient (Wildman–Crippen LogP) is 3.69. The van der Waals surface area contributed by atoms with E-state index in [0.29, 0.717) is 5.69 Å². The summed E-state index contributed by atoms with van der Waals surface area (Å²) >= 11 is 9.85. The summed E-state index contributed by atoms with van der Waals surface area (Å²) in [5, 5.41) is 1.47. The van der Waals surface area contributed by atoms with Gasteiger partial charge in [-0.25, -0.2) is 12.8 Å². The molecule has 1 aromatic carbocycles. The van der Waals surface area contributed by atoms with Gasteiger partial charge in [0.15, 0.2) is 0 Å². The Bertz CT molecular complexity index is 710. The van der Waals surface area contributed by atoms with E-state index in [1.54, 1.807) is 0 Å². The van der Waals surface area contributed by atoms with Crippen molar-refractivity contribution in [3.05, 3.63) is 38.9 Å². The number of halogens is 3. The van der Waals surface area contributed by atoms with Gasteiger partial charge in [0.1, 0.15) is 10.0 Å². The van der Waals surface area contributed by atoms with E-state index in [1.165, 1.54) is 11.4 Å². The van der Waals surface area contributed by atoms with Crippen molar-refractivity contribution < 1.29 is 12.8 Å². The average molecular weight is 386 g/mol. The van der Waals surface area contributed by atoms with Crippen LogP contribution in [-0.4, -0.2) is 8.42 Å². The smallest absolute Gasteiger partial charge is 0.271 e. The van der Waals surface area contributed by atoms with Gasteiger partial charge in [0.05, 0.1) is 10.7 Å². The summed E-state index contributed by atoms with van der Waals surface area (Å²) in [6, 6.07) is 3.47. The first-order valence-corrected chi connectivity index (χ1v) is 8.34. The first-order valence-electron chi connectivity index (χ1n) is 4.81. The van der Waals surface area contributed by atoms with Crippen molar-refractivity contribution in [2.75, 3.05) is 10.5 Å². The van der Waals surface area contributed by atoms with Crippen LogP contribution in [0, 0.1) is 5.82 Å². The second-order valence-corrected chi connectivity index (χ2v) is 7.63. The third-order valence-electron chi connectivity index (χ3n) is 2.10. The Kier molecular flexibility index (Phi) is 4.05. The third kappa shape index (κ3) is 3.19. The van der Waals surface area contributed by atoms with E-state index in [9.17, 15) is 12.8 Å². The van der Waals surface area contributed by atoms with Gasteiger partial charge in [0.25, 0.3) is 10.0 Å². The van der Waals surface area contributed by atoms with Gasteiger partial charge in [-0.15, -0.1) is 11.3 Å². The van der Waals surface area contributed by atoms with Crippen molar-refractivity contribution in [1.82, 2.24) is 0 Å². The van der Waals surface area contributed by atoms with Gasteiger partial charge in [0, 0.05) is 15.5 Å². The summed E-state index contributed by atoms with van der Waals surface area (Å²) in [5.41, 5.74) is 5.92. The fourth-order valence-corrected chi connectivity index (χ4v) is 4.56. The van der Waals surface area contributed by atoms with Crippen LogP contribution in [0.4, 0.5) is 15.8 Å². The SMILES string of the molecule is Nc1csc(S(=O)(=O)Nc2c(Cl)cc(F)cc2Br)c1. The topological polar surface area (TPSA) is 72.2 Å². The molecule has 0 saturated heterocycles. The molecule has 0 atom stereocenters. The summed E-state index contributed by atoms with van der Waals surface area (Å²) in [4.78, 5) is 0. The molecule has 9 heteroatoms. The molecular weight excluding hydrogens is 379 g/mol. The van der Waals surface area contributed by atoms with Crippen molar-refractivity contribution >= 4 is 60.3 Å². The van der Waals surface area contributed by atoms with E-state index in [-0.39, 0.29) is 19.4 Å². The molecular formula is C10H7BrClFN2O2S2. The molecule has 3 N–H and O–H groups in total. The molecule has 0 spiro atoms. The van der Waals surface area contributed by atoms with E-state index >= 15 is 0 Å². The second kappa shape index (κ2) is 5.28. The van der Waals surface area contributed by atoms with Crippen molar-refractivity contribution in [2.45, 2.75) is 4.21 Å². The summed E-state index contributed by atoms with van der Waals surface area (Å²) < 4.78 is 39.8. The number of sulfonamides is 1. The predicted molar refractivity (Wildman–Crippen MR) is 78.6 cm³/mol. The highest BCUT2D eigenvalue weighted by Crippen LogP contribution is 2.34. The maximum Gasteiger partial charge on any atom is 0.271 e. The molecule has 0 aliphatic heterocycles. The molecule has 4 nitrogen and oxygen atoms in total. The molecule has 0 radical (unpaired) electrons. The first kappa shape index (κ1) is 14.6. The molecule has 0 aliphatic rings. The molecule has 0 saturated carbocycles. The molecule has 0 unspecified atom stereocenters. The molecule has 0 amide bonds. The summed E-state index contributed by atoms with van der Waals surface area (Å²) in [6.45, 7) is 0. The number of hydrogen-bond donors (Lipinski definition) is 2. The normalized spacial score (nSPS) is 11.5. The number of nitrogens with two attached hydrogens (primary N) is 1. The zero-order valence-corrected chi connectivity index (χ0v) is 13.1. The van der Waals surface area contributed by atoms with Crippen LogP contribution in [0.15, 0.2) is 32.3 Å². The first-order chi connectivity index (χ1) is 8.79. The number of benzene rings is 1. The van der Waals surface area contributed by atoms with E-state index < -0.39 is 15.8 Å². The highest BCUT2D eigenvalue weighted by Gasteiger charge is 2.20. The molecule has 0 aliphatic carbocycles. The quantitative estimate of drug-likeness (QED) is 0.846. The maximum absolute atomic E-state index is 13.1. The molecule has 0 fully saturated rings. The largest absolute Gasteiger partial charge is 0.398 e. The lowest BCUT2D eigenvalue weighted by Crippen LogP contribution is -2.12. The third-order valence-corrected chi connectivity index (χ3v) is 5.83. The fraction of sp³-hybridized carbons (Fsp3) is 0. The molecule has 1 aromatic heterocycles. The van der Waals surface area contributed by atoms with Gasteiger partial charge in [-0.05, 0) is 34.1 Å². The van der Waals surface area contributed by atoms with Gasteiger partial charge < -0.3 is 5.73 Å². The van der Waals surface area contributed by atoms with Crippen LogP contribution in [0.2, 0.25) is 5.02 Å². The number of nitrogens with one attached hydrogen (secondary N) is 1. The fourth-order valence-electron chi connectivity index (χ4n) is 1.30. The van der Waals surface area contributed by atoms with Crippen molar-refractivity contribution in [3.63, 3.8) is 0 Å². The Balaban J connectivity index is 2.41. The van der Waals surface area contributed by atoms with E-state index in [4.69, 9.17) is 17.3 Å². The molecule has 19 heavy (non-hydrogen) atoms. The van der Waals surface area contributed by atoms with Crippen LogP contribution >= 0.6 is 38.9 Å². The zero-order chi connectivity index (χ0) is 14.2. The lowest BCUT2D eigenvalue weighted by atomic mass is 10.3. The Labute approximate surface area is 126 Å². The minimum absolute atomic E-state index is 0.0417. The Morgan fingerprint density at radius 3 is 2.58 bits per heavy atom. The highest BCUT2D eigenvalue weighted by molar-refractivity contribution is 9.10. The summed E-state index contributed by atoms with van der Waals surface area (Å²) in [7, 11) is -3.80. The van der Waals surface area contributed by atoms with Gasteiger partial charge in [-0.3, -0.25) is 4.72 Å². The van der Waals surface area contributed by atoms with Crippen LogP contribution in [0.5, 0.6) is 0 Å². The highest BCUT2D eigenvalue weighted by atomic mass is 79.9. The Morgan fingerprint density at radius 2 is 2.05 bits per heavy atom. The monoisotopic (exact) mass is 384 g/mol. The van der Waals surface area contributed by atoms with Crippen LogP contribution in [0.3, 0.4) is 0 Å². The number of nitrogen functional groups attached to an aromatic ring is 1. The Hall–Kier alpha value is -0.830. The average Bonchev–Trinajstić information content (AvgIpc) is 2.71. The zero-order valence-electron chi connectivity index (χ0n) is 9.15. The van der Waals surface area contributed by atoms with Crippen molar-refractivity contribution in [3.8, 4) is 0 Å². The molecule has 2 aromatic rings. The maximum atomic E-state index is 13.1. The Morgan fingerprint density at radius 1 is 1.37 bits per heavy atom. The lowest BCUT2D eigenvalue weighted by molar-refractivity contribution is 0.603. The number of anilines is 2. The molecule has 102 valence electrons. The van der Waals surface area contributed by atoms with Gasteiger partial charge in [-0.1, -0.05) is 11.6 Å². The number of thiophene rings is 1. The van der Waals surface area contributed by atoms with Crippen LogP contribution < -0.4 is 10.5 Å². The van der Waals surface area contributed by atoms with Crippen LogP contribution in [-0.2, 0) is 10.0 Å². The van der Waals surface area contributed by atoms with Crippen LogP contribution in [0.25, 0.3) is 0 Å². The van der Waals surface area contributed by atoms with E-state index in [1.807, 2.05) is 0 Å². The van der Waals surface area contributed by atoms with E-state index in [2.05, 4.69) is 20.7 Å². The van der Waals surface area contributed by atoms with Crippen molar-refractivity contribution in [2.24, 2.45) is 0 Å². The minimum Gasteiger partial charge on any atom is -0.398 e. The van der Waals surface area contributed by atoms with Gasteiger partial charge in [0.2, 0.25) is 0 Å².